The SMILES string of the molecule is COc1c(C)cc(C=O)c2c1CCC2C. The predicted molar refractivity (Wildman–Crippen MR) is 59.9 cm³/mol. The van der Waals surface area contributed by atoms with Gasteiger partial charge in [-0.25, -0.2) is 0 Å². The fourth-order valence-corrected chi connectivity index (χ4v) is 2.63. The second kappa shape index (κ2) is 3.69. The first kappa shape index (κ1) is 10.2. The molecule has 15 heavy (non-hydrogen) atoms. The minimum Gasteiger partial charge on any atom is -0.496 e. The summed E-state index contributed by atoms with van der Waals surface area (Å²) in [5, 5.41) is 0. The van der Waals surface area contributed by atoms with Gasteiger partial charge in [0.05, 0.1) is 7.11 Å². The van der Waals surface area contributed by atoms with Gasteiger partial charge in [0.1, 0.15) is 12.0 Å². The highest BCUT2D eigenvalue weighted by molar-refractivity contribution is 5.80. The van der Waals surface area contributed by atoms with Crippen molar-refractivity contribution in [3.63, 3.8) is 0 Å². The van der Waals surface area contributed by atoms with E-state index in [1.165, 1.54) is 11.1 Å². The van der Waals surface area contributed by atoms with E-state index in [0.29, 0.717) is 5.92 Å². The van der Waals surface area contributed by atoms with E-state index in [9.17, 15) is 4.79 Å². The first-order chi connectivity index (χ1) is 7.19. The molecule has 1 unspecified atom stereocenters. The summed E-state index contributed by atoms with van der Waals surface area (Å²) in [6, 6.07) is 1.94. The smallest absolute Gasteiger partial charge is 0.150 e. The normalized spacial score (nSPS) is 18.7. The Balaban J connectivity index is 2.70. The summed E-state index contributed by atoms with van der Waals surface area (Å²) in [7, 11) is 1.70. The Morgan fingerprint density at radius 3 is 2.87 bits per heavy atom. The van der Waals surface area contributed by atoms with Gasteiger partial charge in [0, 0.05) is 5.56 Å². The topological polar surface area (TPSA) is 26.3 Å². The monoisotopic (exact) mass is 204 g/mol. The van der Waals surface area contributed by atoms with Crippen molar-refractivity contribution in [2.75, 3.05) is 7.11 Å². The minimum atomic E-state index is 0.481. The van der Waals surface area contributed by atoms with Gasteiger partial charge in [-0.05, 0) is 48.4 Å². The molecule has 80 valence electrons. The third-order valence-corrected chi connectivity index (χ3v) is 3.29. The molecule has 0 spiro atoms. The number of hydrogen-bond acceptors (Lipinski definition) is 2. The molecular weight excluding hydrogens is 188 g/mol. The lowest BCUT2D eigenvalue weighted by molar-refractivity contribution is 0.112. The van der Waals surface area contributed by atoms with Gasteiger partial charge in [0.25, 0.3) is 0 Å². The lowest BCUT2D eigenvalue weighted by Crippen LogP contribution is -2.00. The van der Waals surface area contributed by atoms with Crippen molar-refractivity contribution in [2.45, 2.75) is 32.6 Å². The molecule has 0 N–H and O–H groups in total. The molecule has 0 aromatic heterocycles. The largest absolute Gasteiger partial charge is 0.496 e. The van der Waals surface area contributed by atoms with Crippen LogP contribution in [0.25, 0.3) is 0 Å². The fourth-order valence-electron chi connectivity index (χ4n) is 2.63. The quantitative estimate of drug-likeness (QED) is 0.692. The van der Waals surface area contributed by atoms with E-state index in [4.69, 9.17) is 4.74 Å². The zero-order valence-electron chi connectivity index (χ0n) is 9.46. The molecular formula is C13H16O2. The number of carbonyl (C=O) groups is 1. The summed E-state index contributed by atoms with van der Waals surface area (Å²) in [5.74, 6) is 1.45. The van der Waals surface area contributed by atoms with Gasteiger partial charge in [-0.2, -0.15) is 0 Å². The Morgan fingerprint density at radius 2 is 2.27 bits per heavy atom. The minimum absolute atomic E-state index is 0.481. The van der Waals surface area contributed by atoms with Crippen LogP contribution in [0.15, 0.2) is 6.07 Å². The second-order valence-electron chi connectivity index (χ2n) is 4.27. The summed E-state index contributed by atoms with van der Waals surface area (Å²) in [6.07, 6.45) is 3.12. The van der Waals surface area contributed by atoms with Crippen LogP contribution in [0, 0.1) is 6.92 Å². The molecule has 0 bridgehead atoms. The molecule has 0 saturated heterocycles. The summed E-state index contributed by atoms with van der Waals surface area (Å²) in [6.45, 7) is 4.17. The fraction of sp³-hybridized carbons (Fsp3) is 0.462. The summed E-state index contributed by atoms with van der Waals surface area (Å²) >= 11 is 0. The van der Waals surface area contributed by atoms with Crippen LogP contribution in [0.3, 0.4) is 0 Å². The van der Waals surface area contributed by atoms with E-state index in [2.05, 4.69) is 6.92 Å². The third-order valence-electron chi connectivity index (χ3n) is 3.29. The molecule has 0 aliphatic heterocycles. The van der Waals surface area contributed by atoms with E-state index < -0.39 is 0 Å². The van der Waals surface area contributed by atoms with Crippen LogP contribution < -0.4 is 4.74 Å². The maximum atomic E-state index is 11.0. The standard InChI is InChI=1S/C13H16O2/c1-8-4-5-11-12(8)10(7-14)6-9(2)13(11)15-3/h6-8H,4-5H2,1-3H3. The third kappa shape index (κ3) is 1.44. The molecule has 1 atom stereocenters. The number of ether oxygens (including phenoxy) is 1. The number of carbonyl (C=O) groups excluding carboxylic acids is 1. The zero-order valence-corrected chi connectivity index (χ0v) is 9.46. The molecule has 1 aliphatic rings. The van der Waals surface area contributed by atoms with Crippen molar-refractivity contribution in [3.05, 3.63) is 28.3 Å². The van der Waals surface area contributed by atoms with Gasteiger partial charge in [-0.3, -0.25) is 4.79 Å². The Morgan fingerprint density at radius 1 is 1.53 bits per heavy atom. The molecule has 0 radical (unpaired) electrons. The van der Waals surface area contributed by atoms with Crippen molar-refractivity contribution in [1.82, 2.24) is 0 Å². The molecule has 2 nitrogen and oxygen atoms in total. The van der Waals surface area contributed by atoms with Crippen molar-refractivity contribution < 1.29 is 9.53 Å². The van der Waals surface area contributed by atoms with Crippen LogP contribution in [0.5, 0.6) is 5.75 Å². The zero-order chi connectivity index (χ0) is 11.0. The Bertz CT molecular complexity index is 407. The van der Waals surface area contributed by atoms with Crippen molar-refractivity contribution in [3.8, 4) is 5.75 Å². The van der Waals surface area contributed by atoms with E-state index in [0.717, 1.165) is 36.0 Å². The van der Waals surface area contributed by atoms with Crippen LogP contribution in [-0.4, -0.2) is 13.4 Å². The van der Waals surface area contributed by atoms with Crippen LogP contribution in [0.1, 0.15) is 46.3 Å². The summed E-state index contributed by atoms with van der Waals surface area (Å²) in [4.78, 5) is 11.0. The highest BCUT2D eigenvalue weighted by Crippen LogP contribution is 2.41. The average molecular weight is 204 g/mol. The molecule has 0 amide bonds. The summed E-state index contributed by atoms with van der Waals surface area (Å²) in [5.41, 5.74) is 4.35. The number of aldehydes is 1. The lowest BCUT2D eigenvalue weighted by Gasteiger charge is -2.14. The van der Waals surface area contributed by atoms with Crippen molar-refractivity contribution in [1.29, 1.82) is 0 Å². The number of aryl methyl sites for hydroxylation is 1. The van der Waals surface area contributed by atoms with Gasteiger partial charge in [-0.15, -0.1) is 0 Å². The molecule has 1 aliphatic carbocycles. The molecule has 2 heteroatoms. The van der Waals surface area contributed by atoms with Crippen LogP contribution in [0.2, 0.25) is 0 Å². The first-order valence-electron chi connectivity index (χ1n) is 5.34. The number of hydrogen-bond donors (Lipinski definition) is 0. The summed E-state index contributed by atoms with van der Waals surface area (Å²) < 4.78 is 5.42. The van der Waals surface area contributed by atoms with Gasteiger partial charge in [0.2, 0.25) is 0 Å². The highest BCUT2D eigenvalue weighted by Gasteiger charge is 2.26. The molecule has 0 heterocycles. The Hall–Kier alpha value is -1.31. The van der Waals surface area contributed by atoms with Crippen molar-refractivity contribution >= 4 is 6.29 Å². The van der Waals surface area contributed by atoms with Gasteiger partial charge < -0.3 is 4.74 Å². The Kier molecular flexibility index (Phi) is 2.51. The second-order valence-corrected chi connectivity index (χ2v) is 4.27. The van der Waals surface area contributed by atoms with E-state index in [1.54, 1.807) is 7.11 Å². The number of fused-ring (bicyclic) bond motifs is 1. The average Bonchev–Trinajstić information content (AvgIpc) is 2.60. The number of rotatable bonds is 2. The molecule has 0 fully saturated rings. The number of methoxy groups -OCH3 is 1. The molecule has 1 aromatic carbocycles. The maximum Gasteiger partial charge on any atom is 0.150 e. The number of benzene rings is 1. The van der Waals surface area contributed by atoms with Gasteiger partial charge in [0.15, 0.2) is 0 Å². The van der Waals surface area contributed by atoms with Crippen LogP contribution in [0.4, 0.5) is 0 Å². The molecule has 1 aromatic rings. The highest BCUT2D eigenvalue weighted by atomic mass is 16.5. The maximum absolute atomic E-state index is 11.0. The van der Waals surface area contributed by atoms with Gasteiger partial charge in [-0.1, -0.05) is 6.92 Å². The van der Waals surface area contributed by atoms with Crippen molar-refractivity contribution in [2.24, 2.45) is 0 Å². The van der Waals surface area contributed by atoms with Crippen LogP contribution >= 0.6 is 0 Å². The van der Waals surface area contributed by atoms with E-state index in [1.807, 2.05) is 13.0 Å². The van der Waals surface area contributed by atoms with E-state index >= 15 is 0 Å². The predicted octanol–water partition coefficient (Wildman–Crippen LogP) is 2.87. The van der Waals surface area contributed by atoms with E-state index in [-0.39, 0.29) is 0 Å². The van der Waals surface area contributed by atoms with Crippen LogP contribution in [-0.2, 0) is 6.42 Å². The van der Waals surface area contributed by atoms with Gasteiger partial charge >= 0.3 is 0 Å². The molecule has 0 saturated carbocycles. The molecule has 2 rings (SSSR count). The Labute approximate surface area is 90.3 Å². The lowest BCUT2D eigenvalue weighted by atomic mass is 9.95. The first-order valence-corrected chi connectivity index (χ1v) is 5.34.